The van der Waals surface area contributed by atoms with Gasteiger partial charge < -0.3 is 14.6 Å². The van der Waals surface area contributed by atoms with Gasteiger partial charge in [0, 0.05) is 12.6 Å². The first kappa shape index (κ1) is 15.0. The first-order chi connectivity index (χ1) is 10.7. The number of piperidine rings is 1. The highest BCUT2D eigenvalue weighted by atomic mass is 16.1. The number of carbonyl (C=O) groups is 1. The number of aromatic nitrogens is 2. The van der Waals surface area contributed by atoms with E-state index >= 15 is 0 Å². The average molecular weight is 300 g/mol. The number of hydrogen-bond acceptors (Lipinski definition) is 3. The SMILES string of the molecule is Cc1ccc2nc(NC(=O)CCCN3CCCCC3)cn2c1. The Morgan fingerprint density at radius 2 is 2.05 bits per heavy atom. The summed E-state index contributed by atoms with van der Waals surface area (Å²) in [5, 5.41) is 2.90. The number of amides is 1. The largest absolute Gasteiger partial charge is 0.309 e. The minimum Gasteiger partial charge on any atom is -0.309 e. The van der Waals surface area contributed by atoms with Crippen LogP contribution in [0.2, 0.25) is 0 Å². The highest BCUT2D eigenvalue weighted by molar-refractivity contribution is 5.90. The van der Waals surface area contributed by atoms with E-state index in [0.29, 0.717) is 12.2 Å². The van der Waals surface area contributed by atoms with Gasteiger partial charge in [-0.2, -0.15) is 0 Å². The monoisotopic (exact) mass is 300 g/mol. The number of imidazole rings is 1. The van der Waals surface area contributed by atoms with Crippen LogP contribution in [0.4, 0.5) is 5.82 Å². The predicted octanol–water partition coefficient (Wildman–Crippen LogP) is 2.85. The van der Waals surface area contributed by atoms with Crippen molar-refractivity contribution >= 4 is 17.4 Å². The number of likely N-dealkylation sites (tertiary alicyclic amines) is 1. The van der Waals surface area contributed by atoms with Crippen LogP contribution < -0.4 is 5.32 Å². The molecule has 22 heavy (non-hydrogen) atoms. The van der Waals surface area contributed by atoms with E-state index in [4.69, 9.17) is 0 Å². The molecular weight excluding hydrogens is 276 g/mol. The van der Waals surface area contributed by atoms with Crippen molar-refractivity contribution in [2.75, 3.05) is 25.0 Å². The maximum absolute atomic E-state index is 12.0. The molecular formula is C17H24N4O. The van der Waals surface area contributed by atoms with Crippen molar-refractivity contribution in [2.24, 2.45) is 0 Å². The number of aryl methyl sites for hydroxylation is 1. The Morgan fingerprint density at radius 3 is 2.86 bits per heavy atom. The molecule has 0 atom stereocenters. The van der Waals surface area contributed by atoms with E-state index in [1.165, 1.54) is 37.9 Å². The summed E-state index contributed by atoms with van der Waals surface area (Å²) in [6.07, 6.45) is 9.30. The van der Waals surface area contributed by atoms with E-state index in [1.54, 1.807) is 0 Å². The highest BCUT2D eigenvalue weighted by Gasteiger charge is 2.11. The summed E-state index contributed by atoms with van der Waals surface area (Å²) in [6.45, 7) is 5.44. The number of fused-ring (bicyclic) bond motifs is 1. The van der Waals surface area contributed by atoms with Crippen LogP contribution >= 0.6 is 0 Å². The molecule has 1 amide bonds. The first-order valence-corrected chi connectivity index (χ1v) is 8.18. The van der Waals surface area contributed by atoms with Crippen LogP contribution in [0.3, 0.4) is 0 Å². The molecule has 2 aromatic rings. The maximum atomic E-state index is 12.0. The topological polar surface area (TPSA) is 49.6 Å². The smallest absolute Gasteiger partial charge is 0.225 e. The second kappa shape index (κ2) is 6.92. The molecule has 5 heteroatoms. The Morgan fingerprint density at radius 1 is 1.23 bits per heavy atom. The Bertz CT molecular complexity index is 643. The Hall–Kier alpha value is -1.88. The molecule has 2 aromatic heterocycles. The average Bonchev–Trinajstić information content (AvgIpc) is 2.89. The summed E-state index contributed by atoms with van der Waals surface area (Å²) in [6, 6.07) is 3.98. The van der Waals surface area contributed by atoms with Gasteiger partial charge >= 0.3 is 0 Å². The molecule has 0 aliphatic carbocycles. The van der Waals surface area contributed by atoms with Gasteiger partial charge in [-0.15, -0.1) is 0 Å². The Balaban J connectivity index is 1.47. The van der Waals surface area contributed by atoms with Crippen molar-refractivity contribution < 1.29 is 4.79 Å². The van der Waals surface area contributed by atoms with Crippen molar-refractivity contribution in [3.05, 3.63) is 30.1 Å². The molecule has 1 saturated heterocycles. The zero-order chi connectivity index (χ0) is 15.4. The predicted molar refractivity (Wildman–Crippen MR) is 88.1 cm³/mol. The van der Waals surface area contributed by atoms with Gasteiger partial charge in [0.05, 0.1) is 6.20 Å². The summed E-state index contributed by atoms with van der Waals surface area (Å²) >= 11 is 0. The molecule has 5 nitrogen and oxygen atoms in total. The van der Waals surface area contributed by atoms with Crippen LogP contribution in [-0.4, -0.2) is 39.8 Å². The van der Waals surface area contributed by atoms with Gasteiger partial charge in [-0.1, -0.05) is 12.5 Å². The van der Waals surface area contributed by atoms with Gasteiger partial charge in [0.2, 0.25) is 5.91 Å². The molecule has 118 valence electrons. The quantitative estimate of drug-likeness (QED) is 0.923. The summed E-state index contributed by atoms with van der Waals surface area (Å²) < 4.78 is 1.94. The van der Waals surface area contributed by atoms with Crippen LogP contribution in [0.15, 0.2) is 24.5 Å². The zero-order valence-electron chi connectivity index (χ0n) is 13.2. The molecule has 1 aliphatic heterocycles. The third kappa shape index (κ3) is 3.85. The second-order valence-electron chi connectivity index (χ2n) is 6.15. The van der Waals surface area contributed by atoms with Crippen LogP contribution in [0.1, 0.15) is 37.7 Å². The molecule has 1 fully saturated rings. The highest BCUT2D eigenvalue weighted by Crippen LogP contribution is 2.12. The lowest BCUT2D eigenvalue weighted by Crippen LogP contribution is -2.31. The molecule has 1 aliphatic rings. The number of nitrogens with one attached hydrogen (secondary N) is 1. The van der Waals surface area contributed by atoms with E-state index in [-0.39, 0.29) is 5.91 Å². The molecule has 0 unspecified atom stereocenters. The molecule has 0 spiro atoms. The lowest BCUT2D eigenvalue weighted by atomic mass is 10.1. The number of carbonyl (C=O) groups excluding carboxylic acids is 1. The Labute approximate surface area is 131 Å². The van der Waals surface area contributed by atoms with Crippen molar-refractivity contribution in [2.45, 2.75) is 39.0 Å². The normalized spacial score (nSPS) is 16.0. The van der Waals surface area contributed by atoms with Crippen molar-refractivity contribution in [3.8, 4) is 0 Å². The van der Waals surface area contributed by atoms with Crippen LogP contribution in [0.25, 0.3) is 5.65 Å². The minimum absolute atomic E-state index is 0.0529. The van der Waals surface area contributed by atoms with E-state index in [0.717, 1.165) is 18.6 Å². The summed E-state index contributed by atoms with van der Waals surface area (Å²) in [4.78, 5) is 18.9. The number of rotatable bonds is 5. The van der Waals surface area contributed by atoms with Gasteiger partial charge in [0.15, 0.2) is 5.82 Å². The fourth-order valence-corrected chi connectivity index (χ4v) is 3.01. The lowest BCUT2D eigenvalue weighted by Gasteiger charge is -2.26. The third-order valence-corrected chi connectivity index (χ3v) is 4.19. The molecule has 3 rings (SSSR count). The van der Waals surface area contributed by atoms with Gasteiger partial charge in [0.1, 0.15) is 5.65 Å². The molecule has 1 N–H and O–H groups in total. The second-order valence-corrected chi connectivity index (χ2v) is 6.15. The summed E-state index contributed by atoms with van der Waals surface area (Å²) in [5.74, 6) is 0.686. The van der Waals surface area contributed by atoms with Gasteiger partial charge in [0.25, 0.3) is 0 Å². The molecule has 0 bridgehead atoms. The zero-order valence-corrected chi connectivity index (χ0v) is 13.2. The van der Waals surface area contributed by atoms with Crippen LogP contribution in [0, 0.1) is 6.92 Å². The van der Waals surface area contributed by atoms with Gasteiger partial charge in [-0.25, -0.2) is 4.98 Å². The fraction of sp³-hybridized carbons (Fsp3) is 0.529. The first-order valence-electron chi connectivity index (χ1n) is 8.18. The van der Waals surface area contributed by atoms with Gasteiger partial charge in [-0.05, 0) is 57.5 Å². The van der Waals surface area contributed by atoms with Crippen LogP contribution in [0.5, 0.6) is 0 Å². The molecule has 0 saturated carbocycles. The fourth-order valence-electron chi connectivity index (χ4n) is 3.01. The van der Waals surface area contributed by atoms with Crippen molar-refractivity contribution in [1.82, 2.24) is 14.3 Å². The number of hydrogen-bond donors (Lipinski definition) is 1. The van der Waals surface area contributed by atoms with Crippen molar-refractivity contribution in [3.63, 3.8) is 0 Å². The number of pyridine rings is 1. The minimum atomic E-state index is 0.0529. The van der Waals surface area contributed by atoms with Crippen molar-refractivity contribution in [1.29, 1.82) is 0 Å². The maximum Gasteiger partial charge on any atom is 0.225 e. The number of anilines is 1. The third-order valence-electron chi connectivity index (χ3n) is 4.19. The van der Waals surface area contributed by atoms with E-state index in [9.17, 15) is 4.79 Å². The van der Waals surface area contributed by atoms with Gasteiger partial charge in [-0.3, -0.25) is 4.79 Å². The van der Waals surface area contributed by atoms with E-state index in [1.807, 2.05) is 35.9 Å². The molecule has 0 aromatic carbocycles. The van der Waals surface area contributed by atoms with Crippen LogP contribution in [-0.2, 0) is 4.79 Å². The summed E-state index contributed by atoms with van der Waals surface area (Å²) in [5.41, 5.74) is 2.03. The lowest BCUT2D eigenvalue weighted by molar-refractivity contribution is -0.116. The Kier molecular flexibility index (Phi) is 4.73. The summed E-state index contributed by atoms with van der Waals surface area (Å²) in [7, 11) is 0. The molecule has 0 radical (unpaired) electrons. The molecule has 3 heterocycles. The number of nitrogens with zero attached hydrogens (tertiary/aromatic N) is 3. The van der Waals surface area contributed by atoms with E-state index < -0.39 is 0 Å². The standard InChI is InChI=1S/C17H24N4O/c1-14-7-8-16-18-15(13-21(16)12-14)19-17(22)6-5-11-20-9-3-2-4-10-20/h7-8,12-13H,2-6,9-11H2,1H3,(H,19,22). The van der Waals surface area contributed by atoms with E-state index in [2.05, 4.69) is 15.2 Å².